The molecule has 0 saturated heterocycles. The average molecular weight is 202 g/mol. The summed E-state index contributed by atoms with van der Waals surface area (Å²) in [5.41, 5.74) is 0. The second-order valence-electron chi connectivity index (χ2n) is 1.70. The van der Waals surface area contributed by atoms with Crippen LogP contribution < -0.4 is 63.3 Å². The van der Waals surface area contributed by atoms with Crippen molar-refractivity contribution in [2.45, 2.75) is 6.92 Å². The molecule has 0 saturated carbocycles. The predicted octanol–water partition coefficient (Wildman–Crippen LogP) is -4.31. The number of nitrogens with zero attached hydrogens (tertiary/aromatic N) is 1. The molecule has 0 rings (SSSR count). The van der Waals surface area contributed by atoms with Crippen LogP contribution in [0, 0.1) is 0 Å². The molecule has 0 aliphatic heterocycles. The monoisotopic (exact) mass is 201 g/mol. The summed E-state index contributed by atoms with van der Waals surface area (Å²) in [5, 5.41) is 9.82. The van der Waals surface area contributed by atoms with E-state index < -0.39 is 5.97 Å². The summed E-state index contributed by atoms with van der Waals surface area (Å²) in [6, 6.07) is 0. The van der Waals surface area contributed by atoms with Crippen LogP contribution in [0.2, 0.25) is 0 Å². The quantitative estimate of drug-likeness (QED) is 0.464. The fourth-order valence-electron chi connectivity index (χ4n) is 0.332. The molecule has 0 N–H and O–H groups in total. The molecule has 3 nitrogen and oxygen atoms in total. The first-order valence-electron chi connectivity index (χ1n) is 2.55. The van der Waals surface area contributed by atoms with E-state index >= 15 is 0 Å². The van der Waals surface area contributed by atoms with E-state index in [9.17, 15) is 9.90 Å². The molecule has 0 atom stereocenters. The summed E-state index contributed by atoms with van der Waals surface area (Å²) in [6.07, 6.45) is 0. The van der Waals surface area contributed by atoms with E-state index in [0.717, 1.165) is 6.54 Å². The Hall–Kier alpha value is 1.24. The molecule has 0 aliphatic carbocycles. The van der Waals surface area contributed by atoms with E-state index in [1.165, 1.54) is 0 Å². The molecule has 4 heteroatoms. The maximum Gasteiger partial charge on any atom is 1.00 e. The number of carbonyl (C=O) groups excluding carboxylic acids is 1. The van der Waals surface area contributed by atoms with Gasteiger partial charge in [-0.1, -0.05) is 6.92 Å². The van der Waals surface area contributed by atoms with Gasteiger partial charge in [0.1, 0.15) is 0 Å². The van der Waals surface area contributed by atoms with E-state index in [2.05, 4.69) is 0 Å². The second-order valence-corrected chi connectivity index (χ2v) is 1.70. The van der Waals surface area contributed by atoms with Crippen molar-refractivity contribution in [3.63, 3.8) is 0 Å². The number of carbonyl (C=O) groups is 1. The van der Waals surface area contributed by atoms with Crippen LogP contribution >= 0.6 is 0 Å². The molecule has 0 spiro atoms. The number of aliphatic carboxylic acids is 1. The molecule has 0 radical (unpaired) electrons. The third-order valence-corrected chi connectivity index (χ3v) is 0.939. The van der Waals surface area contributed by atoms with Gasteiger partial charge >= 0.3 is 58.2 Å². The van der Waals surface area contributed by atoms with E-state index in [4.69, 9.17) is 0 Å². The maximum absolute atomic E-state index is 9.82. The summed E-state index contributed by atoms with van der Waals surface area (Å²) < 4.78 is 0. The zero-order chi connectivity index (χ0) is 6.57. The van der Waals surface area contributed by atoms with Crippen molar-refractivity contribution in [1.82, 2.24) is 4.90 Å². The largest absolute Gasteiger partial charge is 1.00 e. The van der Waals surface area contributed by atoms with E-state index in [1.54, 1.807) is 11.9 Å². The molecule has 0 aromatic heterocycles. The van der Waals surface area contributed by atoms with Gasteiger partial charge in [-0.25, -0.2) is 0 Å². The van der Waals surface area contributed by atoms with Crippen molar-refractivity contribution in [2.75, 3.05) is 20.1 Å². The van der Waals surface area contributed by atoms with Crippen LogP contribution in [0.5, 0.6) is 0 Å². The zero-order valence-electron chi connectivity index (χ0n) is 6.18. The standard InChI is InChI=1S/C5H11NO2.Rb/c1-3-6(2)4-5(7)8;/h3-4H2,1-2H3,(H,7,8);/q;+1/p-1. The molecule has 0 bridgehead atoms. The van der Waals surface area contributed by atoms with Crippen molar-refractivity contribution in [2.24, 2.45) is 0 Å². The zero-order valence-corrected chi connectivity index (χ0v) is 11.1. The van der Waals surface area contributed by atoms with Gasteiger partial charge in [-0.05, 0) is 13.6 Å². The number of hydrogen-bond acceptors (Lipinski definition) is 3. The molecule has 0 aromatic rings. The van der Waals surface area contributed by atoms with Crippen molar-refractivity contribution in [3.8, 4) is 0 Å². The first-order chi connectivity index (χ1) is 3.66. The summed E-state index contributed by atoms with van der Waals surface area (Å²) in [6.45, 7) is 2.66. The van der Waals surface area contributed by atoms with Gasteiger partial charge in [-0.15, -0.1) is 0 Å². The van der Waals surface area contributed by atoms with Crippen LogP contribution in [0.4, 0.5) is 0 Å². The number of hydrogen-bond donors (Lipinski definition) is 0. The number of rotatable bonds is 3. The Kier molecular flexibility index (Phi) is 10.5. The third-order valence-electron chi connectivity index (χ3n) is 0.939. The Morgan fingerprint density at radius 1 is 1.67 bits per heavy atom. The summed E-state index contributed by atoms with van der Waals surface area (Å²) >= 11 is 0. The molecule has 0 fully saturated rings. The van der Waals surface area contributed by atoms with Crippen LogP contribution in [-0.2, 0) is 4.79 Å². The van der Waals surface area contributed by atoms with Crippen LogP contribution in [0.15, 0.2) is 0 Å². The van der Waals surface area contributed by atoms with Crippen molar-refractivity contribution < 1.29 is 68.1 Å². The molecule has 0 heterocycles. The van der Waals surface area contributed by atoms with Crippen LogP contribution in [0.3, 0.4) is 0 Å². The SMILES string of the molecule is CCN(C)CC(=O)[O-].[Rb+]. The Bertz CT molecular complexity index is 87.0. The Balaban J connectivity index is 0. The smallest absolute Gasteiger partial charge is 0.549 e. The minimum Gasteiger partial charge on any atom is -0.549 e. The summed E-state index contributed by atoms with van der Waals surface area (Å²) in [4.78, 5) is 11.5. The molecular weight excluding hydrogens is 192 g/mol. The number of carboxylic acid groups (broad SMARTS) is 1. The first kappa shape index (κ1) is 12.9. The van der Waals surface area contributed by atoms with Gasteiger partial charge in [0.05, 0.1) is 5.97 Å². The first-order valence-corrected chi connectivity index (χ1v) is 2.55. The van der Waals surface area contributed by atoms with Crippen LogP contribution in [0.1, 0.15) is 6.92 Å². The topological polar surface area (TPSA) is 43.4 Å². The van der Waals surface area contributed by atoms with E-state index in [0.29, 0.717) is 0 Å². The number of likely N-dealkylation sites (N-methyl/N-ethyl adjacent to an activating group) is 1. The maximum atomic E-state index is 9.82. The van der Waals surface area contributed by atoms with Crippen LogP contribution in [0.25, 0.3) is 0 Å². The average Bonchev–Trinajstić information content (AvgIpc) is 1.65. The number of carboxylic acids is 1. The molecule has 0 aromatic carbocycles. The molecule has 48 valence electrons. The predicted molar refractivity (Wildman–Crippen MR) is 28.2 cm³/mol. The van der Waals surface area contributed by atoms with Crippen molar-refractivity contribution >= 4 is 5.97 Å². The minimum absolute atomic E-state index is 0. The van der Waals surface area contributed by atoms with Gasteiger partial charge in [0, 0.05) is 6.54 Å². The molecular formula is C5H10NO2Rb. The Morgan fingerprint density at radius 3 is 2.22 bits per heavy atom. The van der Waals surface area contributed by atoms with Gasteiger partial charge in [-0.3, -0.25) is 0 Å². The fraction of sp³-hybridized carbons (Fsp3) is 0.800. The minimum atomic E-state index is -1.02. The Labute approximate surface area is 104 Å². The Morgan fingerprint density at radius 2 is 2.11 bits per heavy atom. The van der Waals surface area contributed by atoms with Gasteiger partial charge in [0.2, 0.25) is 0 Å². The molecule has 0 unspecified atom stereocenters. The third kappa shape index (κ3) is 9.24. The normalized spacial score (nSPS) is 8.78. The molecule has 0 aliphatic rings. The second kappa shape index (κ2) is 7.34. The van der Waals surface area contributed by atoms with Crippen molar-refractivity contribution in [3.05, 3.63) is 0 Å². The fourth-order valence-corrected chi connectivity index (χ4v) is 0.332. The molecule has 0 amide bonds. The molecule has 9 heavy (non-hydrogen) atoms. The van der Waals surface area contributed by atoms with Gasteiger partial charge < -0.3 is 14.8 Å². The van der Waals surface area contributed by atoms with Crippen molar-refractivity contribution in [1.29, 1.82) is 0 Å². The van der Waals surface area contributed by atoms with E-state index in [-0.39, 0.29) is 64.7 Å². The van der Waals surface area contributed by atoms with Gasteiger partial charge in [-0.2, -0.15) is 0 Å². The summed E-state index contributed by atoms with van der Waals surface area (Å²) in [5.74, 6) is -1.02. The summed E-state index contributed by atoms with van der Waals surface area (Å²) in [7, 11) is 1.73. The van der Waals surface area contributed by atoms with Gasteiger partial charge in [0.25, 0.3) is 0 Å². The van der Waals surface area contributed by atoms with E-state index in [1.807, 2.05) is 6.92 Å². The van der Waals surface area contributed by atoms with Crippen LogP contribution in [-0.4, -0.2) is 31.0 Å². The van der Waals surface area contributed by atoms with Gasteiger partial charge in [0.15, 0.2) is 0 Å².